The van der Waals surface area contributed by atoms with Crippen LogP contribution in [0.1, 0.15) is 47.2 Å². The third kappa shape index (κ3) is 3.58. The van der Waals surface area contributed by atoms with Gasteiger partial charge in [0.1, 0.15) is 11.4 Å². The molecule has 0 saturated heterocycles. The van der Waals surface area contributed by atoms with E-state index in [1.54, 1.807) is 24.3 Å². The van der Waals surface area contributed by atoms with Gasteiger partial charge in [0, 0.05) is 28.7 Å². The molecule has 0 aliphatic carbocycles. The predicted molar refractivity (Wildman–Crippen MR) is 108 cm³/mol. The summed E-state index contributed by atoms with van der Waals surface area (Å²) in [5.74, 6) is 0.570. The zero-order valence-electron chi connectivity index (χ0n) is 16.1. The largest absolute Gasteiger partial charge is 0.494 e. The number of amides is 1. The predicted octanol–water partition coefficient (Wildman–Crippen LogP) is 4.82. The van der Waals surface area contributed by atoms with E-state index >= 15 is 0 Å². The number of hydrogen-bond donors (Lipinski definition) is 1. The van der Waals surface area contributed by atoms with Crippen LogP contribution in [-0.2, 0) is 6.54 Å². The molecule has 1 N–H and O–H groups in total. The van der Waals surface area contributed by atoms with E-state index < -0.39 is 0 Å². The number of rotatable bonds is 6. The highest BCUT2D eigenvalue weighted by molar-refractivity contribution is 6.09. The van der Waals surface area contributed by atoms with Crippen molar-refractivity contribution in [1.82, 2.24) is 4.57 Å². The van der Waals surface area contributed by atoms with Gasteiger partial charge in [0.05, 0.1) is 6.61 Å². The molecule has 3 rings (SSSR count). The van der Waals surface area contributed by atoms with Crippen LogP contribution in [0.4, 0.5) is 5.69 Å². The number of Topliss-reactive ketones (excluding diaryl/α,β-unsaturated/α-hetero) is 1. The Hall–Kier alpha value is -3.08. The monoisotopic (exact) mass is 364 g/mol. The SMILES string of the molecule is CCOc1ccc2c(c1)c(C)c(C(=O)Nc1cccc(C(C)=O)c1)n2CC. The van der Waals surface area contributed by atoms with Gasteiger partial charge < -0.3 is 14.6 Å². The lowest BCUT2D eigenvalue weighted by atomic mass is 10.1. The molecule has 5 heteroatoms. The van der Waals surface area contributed by atoms with E-state index in [0.717, 1.165) is 22.2 Å². The quantitative estimate of drug-likeness (QED) is 0.638. The number of carbonyl (C=O) groups is 2. The number of carbonyl (C=O) groups excluding carboxylic acids is 2. The van der Waals surface area contributed by atoms with Gasteiger partial charge in [-0.1, -0.05) is 12.1 Å². The van der Waals surface area contributed by atoms with Crippen molar-refractivity contribution in [3.8, 4) is 5.75 Å². The van der Waals surface area contributed by atoms with Gasteiger partial charge in [0.15, 0.2) is 5.78 Å². The van der Waals surface area contributed by atoms with Crippen LogP contribution < -0.4 is 10.1 Å². The minimum absolute atomic E-state index is 0.0339. The van der Waals surface area contributed by atoms with Gasteiger partial charge in [-0.25, -0.2) is 0 Å². The maximum absolute atomic E-state index is 13.0. The Morgan fingerprint density at radius 2 is 1.89 bits per heavy atom. The van der Waals surface area contributed by atoms with E-state index in [1.165, 1.54) is 6.92 Å². The molecule has 5 nitrogen and oxygen atoms in total. The smallest absolute Gasteiger partial charge is 0.272 e. The Balaban J connectivity index is 2.02. The summed E-state index contributed by atoms with van der Waals surface area (Å²) in [5, 5.41) is 3.93. The summed E-state index contributed by atoms with van der Waals surface area (Å²) in [6, 6.07) is 12.9. The molecule has 27 heavy (non-hydrogen) atoms. The number of fused-ring (bicyclic) bond motifs is 1. The second kappa shape index (κ2) is 7.66. The summed E-state index contributed by atoms with van der Waals surface area (Å²) in [6.45, 7) is 8.69. The zero-order chi connectivity index (χ0) is 19.6. The molecule has 0 aliphatic heterocycles. The summed E-state index contributed by atoms with van der Waals surface area (Å²) in [4.78, 5) is 24.6. The van der Waals surface area contributed by atoms with Gasteiger partial charge in [-0.2, -0.15) is 0 Å². The Kier molecular flexibility index (Phi) is 5.31. The van der Waals surface area contributed by atoms with E-state index in [-0.39, 0.29) is 11.7 Å². The topological polar surface area (TPSA) is 60.3 Å². The lowest BCUT2D eigenvalue weighted by Crippen LogP contribution is -2.18. The van der Waals surface area contributed by atoms with Crippen LogP contribution in [0.2, 0.25) is 0 Å². The number of hydrogen-bond acceptors (Lipinski definition) is 3. The van der Waals surface area contributed by atoms with Crippen LogP contribution in [0.15, 0.2) is 42.5 Å². The number of ether oxygens (including phenoxy) is 1. The molecule has 0 atom stereocenters. The summed E-state index contributed by atoms with van der Waals surface area (Å²) >= 11 is 0. The van der Waals surface area contributed by atoms with Crippen molar-refractivity contribution in [2.45, 2.75) is 34.2 Å². The molecular formula is C22H24N2O3. The average Bonchev–Trinajstić information content (AvgIpc) is 2.94. The number of aryl methyl sites for hydroxylation is 2. The Morgan fingerprint density at radius 1 is 1.11 bits per heavy atom. The molecule has 0 spiro atoms. The van der Waals surface area contributed by atoms with E-state index in [2.05, 4.69) is 5.32 Å². The minimum atomic E-state index is -0.191. The van der Waals surface area contributed by atoms with Crippen LogP contribution in [-0.4, -0.2) is 22.9 Å². The maximum Gasteiger partial charge on any atom is 0.272 e. The van der Waals surface area contributed by atoms with Gasteiger partial charge in [-0.15, -0.1) is 0 Å². The highest BCUT2D eigenvalue weighted by atomic mass is 16.5. The highest BCUT2D eigenvalue weighted by Crippen LogP contribution is 2.30. The minimum Gasteiger partial charge on any atom is -0.494 e. The molecule has 0 fully saturated rings. The number of aromatic nitrogens is 1. The van der Waals surface area contributed by atoms with E-state index in [4.69, 9.17) is 4.74 Å². The van der Waals surface area contributed by atoms with Crippen LogP contribution >= 0.6 is 0 Å². The van der Waals surface area contributed by atoms with Crippen molar-refractivity contribution in [1.29, 1.82) is 0 Å². The highest BCUT2D eigenvalue weighted by Gasteiger charge is 2.20. The summed E-state index contributed by atoms with van der Waals surface area (Å²) in [6.07, 6.45) is 0. The molecule has 0 bridgehead atoms. The zero-order valence-corrected chi connectivity index (χ0v) is 16.1. The van der Waals surface area contributed by atoms with Crippen LogP contribution in [0, 0.1) is 6.92 Å². The third-order valence-electron chi connectivity index (χ3n) is 4.66. The molecule has 0 aliphatic rings. The van der Waals surface area contributed by atoms with Gasteiger partial charge in [-0.3, -0.25) is 9.59 Å². The van der Waals surface area contributed by atoms with Crippen LogP contribution in [0.5, 0.6) is 5.75 Å². The number of benzene rings is 2. The van der Waals surface area contributed by atoms with Crippen molar-refractivity contribution < 1.29 is 14.3 Å². The van der Waals surface area contributed by atoms with Gasteiger partial charge in [0.2, 0.25) is 0 Å². The number of anilines is 1. The number of nitrogens with one attached hydrogen (secondary N) is 1. The third-order valence-corrected chi connectivity index (χ3v) is 4.66. The molecule has 1 heterocycles. The molecule has 3 aromatic rings. The van der Waals surface area contributed by atoms with Crippen molar-refractivity contribution in [2.24, 2.45) is 0 Å². The molecule has 1 amide bonds. The van der Waals surface area contributed by atoms with E-state index in [0.29, 0.717) is 30.1 Å². The maximum atomic E-state index is 13.0. The van der Waals surface area contributed by atoms with Gasteiger partial charge in [-0.05, 0) is 63.6 Å². The second-order valence-corrected chi connectivity index (χ2v) is 6.42. The fraction of sp³-hybridized carbons (Fsp3) is 0.273. The molecule has 0 unspecified atom stereocenters. The van der Waals surface area contributed by atoms with Gasteiger partial charge >= 0.3 is 0 Å². The van der Waals surface area contributed by atoms with Crippen molar-refractivity contribution >= 4 is 28.3 Å². The fourth-order valence-corrected chi connectivity index (χ4v) is 3.39. The Labute approximate surface area is 158 Å². The second-order valence-electron chi connectivity index (χ2n) is 6.42. The number of ketones is 1. The first-order chi connectivity index (χ1) is 13.0. The summed E-state index contributed by atoms with van der Waals surface area (Å²) in [5.41, 5.74) is 3.71. The molecular weight excluding hydrogens is 340 g/mol. The molecule has 1 aromatic heterocycles. The van der Waals surface area contributed by atoms with Crippen molar-refractivity contribution in [2.75, 3.05) is 11.9 Å². The first-order valence-electron chi connectivity index (χ1n) is 9.14. The normalized spacial score (nSPS) is 10.8. The number of nitrogens with zero attached hydrogens (tertiary/aromatic N) is 1. The first-order valence-corrected chi connectivity index (χ1v) is 9.14. The van der Waals surface area contributed by atoms with Gasteiger partial charge in [0.25, 0.3) is 5.91 Å². The molecule has 140 valence electrons. The lowest BCUT2D eigenvalue weighted by molar-refractivity contribution is 0.100. The van der Waals surface area contributed by atoms with Crippen molar-refractivity contribution in [3.63, 3.8) is 0 Å². The standard InChI is InChI=1S/C22H24N2O3/c1-5-24-20-11-10-18(27-6-2)13-19(20)14(3)21(24)22(26)23-17-9-7-8-16(12-17)15(4)25/h7-13H,5-6H2,1-4H3,(H,23,26). The van der Waals surface area contributed by atoms with E-state index in [9.17, 15) is 9.59 Å². The fourth-order valence-electron chi connectivity index (χ4n) is 3.39. The summed E-state index contributed by atoms with van der Waals surface area (Å²) in [7, 11) is 0. The first kappa shape index (κ1) is 18.7. The summed E-state index contributed by atoms with van der Waals surface area (Å²) < 4.78 is 7.61. The molecule has 0 radical (unpaired) electrons. The van der Waals surface area contributed by atoms with Crippen LogP contribution in [0.25, 0.3) is 10.9 Å². The Bertz CT molecular complexity index is 1020. The van der Waals surface area contributed by atoms with Crippen molar-refractivity contribution in [3.05, 3.63) is 59.3 Å². The molecule has 2 aromatic carbocycles. The van der Waals surface area contributed by atoms with Crippen LogP contribution in [0.3, 0.4) is 0 Å². The lowest BCUT2D eigenvalue weighted by Gasteiger charge is -2.10. The Morgan fingerprint density at radius 3 is 2.56 bits per heavy atom. The molecule has 0 saturated carbocycles. The average molecular weight is 364 g/mol. The van der Waals surface area contributed by atoms with E-state index in [1.807, 2.05) is 43.5 Å².